The number of halogens is 1. The molecule has 0 bridgehead atoms. The van der Waals surface area contributed by atoms with Gasteiger partial charge in [-0.15, -0.1) is 0 Å². The third-order valence-corrected chi connectivity index (χ3v) is 4.50. The Labute approximate surface area is 169 Å². The van der Waals surface area contributed by atoms with E-state index < -0.39 is 23.7 Å². The highest BCUT2D eigenvalue weighted by Crippen LogP contribution is 2.31. The van der Waals surface area contributed by atoms with Crippen molar-refractivity contribution >= 4 is 17.0 Å². The first-order valence-corrected chi connectivity index (χ1v) is 9.48. The number of carbonyl (C=O) groups is 1. The van der Waals surface area contributed by atoms with E-state index in [1.165, 1.54) is 12.1 Å². The van der Waals surface area contributed by atoms with Gasteiger partial charge in [-0.1, -0.05) is 36.4 Å². The summed E-state index contributed by atoms with van der Waals surface area (Å²) in [6, 6.07) is 16.6. The van der Waals surface area contributed by atoms with Crippen LogP contribution in [0.5, 0.6) is 0 Å². The van der Waals surface area contributed by atoms with E-state index in [-0.39, 0.29) is 12.4 Å². The van der Waals surface area contributed by atoms with Crippen LogP contribution >= 0.6 is 0 Å². The molecule has 2 unspecified atom stereocenters. The lowest BCUT2D eigenvalue weighted by atomic mass is 9.90. The van der Waals surface area contributed by atoms with Crippen LogP contribution in [0, 0.1) is 5.82 Å². The fourth-order valence-electron chi connectivity index (χ4n) is 3.18. The summed E-state index contributed by atoms with van der Waals surface area (Å²) in [5.41, 5.74) is 1.38. The van der Waals surface area contributed by atoms with Crippen molar-refractivity contribution in [3.63, 3.8) is 0 Å². The van der Waals surface area contributed by atoms with E-state index in [9.17, 15) is 14.3 Å². The smallest absolute Gasteiger partial charge is 0.408 e. The number of pyridine rings is 1. The number of aliphatic hydroxyl groups is 1. The summed E-state index contributed by atoms with van der Waals surface area (Å²) >= 11 is 0. The van der Waals surface area contributed by atoms with Crippen molar-refractivity contribution in [2.75, 3.05) is 6.61 Å². The molecule has 0 fully saturated rings. The highest BCUT2D eigenvalue weighted by Gasteiger charge is 2.29. The van der Waals surface area contributed by atoms with E-state index in [0.29, 0.717) is 11.3 Å². The van der Waals surface area contributed by atoms with Crippen LogP contribution in [0.2, 0.25) is 0 Å². The summed E-state index contributed by atoms with van der Waals surface area (Å²) in [6.45, 7) is 5.05. The normalized spacial score (nSPS) is 13.7. The number of alkyl carbamates (subject to hydrolysis) is 1. The molecular formula is C23H25FN2O3. The molecule has 5 nitrogen and oxygen atoms in total. The number of aliphatic hydroxyl groups excluding tert-OH is 1. The standard InChI is InChI=1S/C23H25FN2O3/c1-23(2,3)29-22(28)26-21(16-8-11-17(24)12-9-16)18(14-27)20-13-10-15-6-4-5-7-19(15)25-20/h4-13,18,21,27H,14H2,1-3H3,(H,26,28). The number of rotatable bonds is 5. The minimum atomic E-state index is -0.673. The van der Waals surface area contributed by atoms with Gasteiger partial charge in [0.25, 0.3) is 0 Å². The molecule has 29 heavy (non-hydrogen) atoms. The number of carbonyl (C=O) groups excluding carboxylic acids is 1. The summed E-state index contributed by atoms with van der Waals surface area (Å²) < 4.78 is 18.8. The Morgan fingerprint density at radius 2 is 1.79 bits per heavy atom. The molecule has 1 aromatic heterocycles. The lowest BCUT2D eigenvalue weighted by Crippen LogP contribution is -2.38. The number of ether oxygens (including phenoxy) is 1. The molecule has 1 heterocycles. The number of para-hydroxylation sites is 1. The molecule has 2 N–H and O–H groups in total. The molecule has 152 valence electrons. The van der Waals surface area contributed by atoms with Crippen molar-refractivity contribution in [1.29, 1.82) is 0 Å². The Balaban J connectivity index is 1.99. The van der Waals surface area contributed by atoms with E-state index in [4.69, 9.17) is 4.74 Å². The number of benzene rings is 2. The van der Waals surface area contributed by atoms with Gasteiger partial charge >= 0.3 is 6.09 Å². The second-order valence-corrected chi connectivity index (χ2v) is 7.89. The lowest BCUT2D eigenvalue weighted by molar-refractivity contribution is 0.0487. The number of nitrogens with zero attached hydrogens (tertiary/aromatic N) is 1. The number of hydrogen-bond donors (Lipinski definition) is 2. The number of aromatic nitrogens is 1. The first-order chi connectivity index (χ1) is 13.8. The van der Waals surface area contributed by atoms with Crippen LogP contribution in [0.25, 0.3) is 10.9 Å². The van der Waals surface area contributed by atoms with Crippen LogP contribution < -0.4 is 5.32 Å². The second-order valence-electron chi connectivity index (χ2n) is 7.89. The molecule has 0 aliphatic carbocycles. The molecule has 0 aliphatic rings. The molecule has 2 atom stereocenters. The molecule has 0 saturated carbocycles. The molecule has 0 aliphatic heterocycles. The summed E-state index contributed by atoms with van der Waals surface area (Å²) in [4.78, 5) is 17.1. The van der Waals surface area contributed by atoms with Crippen LogP contribution in [0.3, 0.4) is 0 Å². The lowest BCUT2D eigenvalue weighted by Gasteiger charge is -2.28. The Hall–Kier alpha value is -2.99. The maximum atomic E-state index is 13.4. The third kappa shape index (κ3) is 5.29. The van der Waals surface area contributed by atoms with E-state index >= 15 is 0 Å². The Bertz CT molecular complexity index is 983. The highest BCUT2D eigenvalue weighted by atomic mass is 19.1. The summed E-state index contributed by atoms with van der Waals surface area (Å²) in [5, 5.41) is 14.0. The molecule has 0 spiro atoms. The zero-order valence-corrected chi connectivity index (χ0v) is 16.7. The number of fused-ring (bicyclic) bond motifs is 1. The second kappa shape index (κ2) is 8.57. The average Bonchev–Trinajstić information content (AvgIpc) is 2.67. The Morgan fingerprint density at radius 1 is 1.10 bits per heavy atom. The van der Waals surface area contributed by atoms with Crippen LogP contribution in [0.15, 0.2) is 60.7 Å². The van der Waals surface area contributed by atoms with Crippen LogP contribution in [0.1, 0.15) is 44.0 Å². The number of amides is 1. The Kier molecular flexibility index (Phi) is 6.13. The number of nitrogens with one attached hydrogen (secondary N) is 1. The van der Waals surface area contributed by atoms with Crippen molar-refractivity contribution in [2.24, 2.45) is 0 Å². The van der Waals surface area contributed by atoms with Gasteiger partial charge in [-0.05, 0) is 50.6 Å². The summed E-state index contributed by atoms with van der Waals surface area (Å²) in [5.74, 6) is -0.924. The van der Waals surface area contributed by atoms with Crippen LogP contribution in [-0.2, 0) is 4.74 Å². The minimum Gasteiger partial charge on any atom is -0.444 e. The van der Waals surface area contributed by atoms with E-state index in [2.05, 4.69) is 10.3 Å². The first kappa shape index (κ1) is 20.7. The van der Waals surface area contributed by atoms with Gasteiger partial charge in [0.2, 0.25) is 0 Å². The van der Waals surface area contributed by atoms with Crippen molar-refractivity contribution in [3.05, 3.63) is 77.7 Å². The molecule has 3 rings (SSSR count). The van der Waals surface area contributed by atoms with Gasteiger partial charge in [0.15, 0.2) is 0 Å². The minimum absolute atomic E-state index is 0.261. The predicted octanol–water partition coefficient (Wildman–Crippen LogP) is 4.72. The molecule has 6 heteroatoms. The van der Waals surface area contributed by atoms with Crippen molar-refractivity contribution < 1.29 is 19.0 Å². The zero-order chi connectivity index (χ0) is 21.0. The quantitative estimate of drug-likeness (QED) is 0.655. The number of hydrogen-bond acceptors (Lipinski definition) is 4. The summed E-state index contributed by atoms with van der Waals surface area (Å²) in [7, 11) is 0. The van der Waals surface area contributed by atoms with Gasteiger partial charge in [-0.3, -0.25) is 4.98 Å². The van der Waals surface area contributed by atoms with Gasteiger partial charge in [-0.25, -0.2) is 9.18 Å². The van der Waals surface area contributed by atoms with Crippen molar-refractivity contribution in [3.8, 4) is 0 Å². The monoisotopic (exact) mass is 396 g/mol. The SMILES string of the molecule is CC(C)(C)OC(=O)NC(c1ccc(F)cc1)C(CO)c1ccc2ccccc2n1. The van der Waals surface area contributed by atoms with Gasteiger partial charge in [0.05, 0.1) is 18.2 Å². The zero-order valence-electron chi connectivity index (χ0n) is 16.7. The maximum absolute atomic E-state index is 13.4. The average molecular weight is 396 g/mol. The fraction of sp³-hybridized carbons (Fsp3) is 0.304. The van der Waals surface area contributed by atoms with Gasteiger partial charge < -0.3 is 15.2 Å². The van der Waals surface area contributed by atoms with Crippen LogP contribution in [0.4, 0.5) is 9.18 Å². The Morgan fingerprint density at radius 3 is 2.45 bits per heavy atom. The third-order valence-electron chi connectivity index (χ3n) is 4.50. The molecule has 2 aromatic carbocycles. The molecule has 0 saturated heterocycles. The van der Waals surface area contributed by atoms with Gasteiger partial charge in [0, 0.05) is 17.0 Å². The maximum Gasteiger partial charge on any atom is 0.408 e. The first-order valence-electron chi connectivity index (χ1n) is 9.48. The van der Waals surface area contributed by atoms with E-state index in [1.54, 1.807) is 32.9 Å². The van der Waals surface area contributed by atoms with Crippen molar-refractivity contribution in [1.82, 2.24) is 10.3 Å². The fourth-order valence-corrected chi connectivity index (χ4v) is 3.18. The van der Waals surface area contributed by atoms with E-state index in [0.717, 1.165) is 10.9 Å². The van der Waals surface area contributed by atoms with Gasteiger partial charge in [-0.2, -0.15) is 0 Å². The molecule has 0 radical (unpaired) electrons. The molecule has 1 amide bonds. The molecular weight excluding hydrogens is 371 g/mol. The van der Waals surface area contributed by atoms with E-state index in [1.807, 2.05) is 36.4 Å². The van der Waals surface area contributed by atoms with Crippen LogP contribution in [-0.4, -0.2) is 28.4 Å². The topological polar surface area (TPSA) is 71.5 Å². The molecule has 3 aromatic rings. The summed E-state index contributed by atoms with van der Waals surface area (Å²) in [6.07, 6.45) is -0.619. The van der Waals surface area contributed by atoms with Gasteiger partial charge in [0.1, 0.15) is 11.4 Å². The van der Waals surface area contributed by atoms with Crippen molar-refractivity contribution in [2.45, 2.75) is 38.3 Å². The highest BCUT2D eigenvalue weighted by molar-refractivity contribution is 5.78. The predicted molar refractivity (Wildman–Crippen MR) is 110 cm³/mol. The largest absolute Gasteiger partial charge is 0.444 e.